The maximum Gasteiger partial charge on any atom is 0 e. The lowest BCUT2D eigenvalue weighted by molar-refractivity contribution is 0.482. The first-order valence-corrected chi connectivity index (χ1v) is 18.0. The average molecular weight is 487 g/mol. The molecule has 6 radical (unpaired) electrons. The van der Waals surface area contributed by atoms with Gasteiger partial charge in [0.1, 0.15) is 0 Å². The van der Waals surface area contributed by atoms with Gasteiger partial charge in [-0.2, -0.15) is 0 Å². The molecule has 0 atom stereocenters. The molecule has 0 aromatic heterocycles. The molecule has 1 N–H and O–H groups in total. The molecule has 4 fully saturated rings. The summed E-state index contributed by atoms with van der Waals surface area (Å²) in [5.74, 6) is 0. The van der Waals surface area contributed by atoms with E-state index in [9.17, 15) is 0 Å². The minimum absolute atomic E-state index is 0. The third-order valence-corrected chi connectivity index (χ3v) is 16.6. The second-order valence-electron chi connectivity index (χ2n) is 11.4. The zero-order valence-electron chi connectivity index (χ0n) is 21.8. The van der Waals surface area contributed by atoms with E-state index in [0.29, 0.717) is 0 Å². The van der Waals surface area contributed by atoms with Gasteiger partial charge in [0.25, 0.3) is 0 Å². The minimum Gasteiger partial charge on any atom is -0.316 e. The second-order valence-corrected chi connectivity index (χ2v) is 17.3. The second kappa shape index (κ2) is 17.4. The highest BCUT2D eigenvalue weighted by molar-refractivity contribution is 7.59. The Morgan fingerprint density at radius 2 is 0.636 bits per heavy atom. The lowest BCUT2D eigenvalue weighted by Crippen LogP contribution is -2.29. The van der Waals surface area contributed by atoms with Gasteiger partial charge in [0, 0.05) is 16.8 Å². The number of nitrogens with one attached hydrogen (secondary N) is 1. The van der Waals surface area contributed by atoms with Gasteiger partial charge in [0.2, 0.25) is 0 Å². The van der Waals surface area contributed by atoms with Crippen LogP contribution in [0.15, 0.2) is 0 Å². The Morgan fingerprint density at radius 3 is 0.879 bits per heavy atom. The summed E-state index contributed by atoms with van der Waals surface area (Å²) >= 11 is 0. The molecule has 4 aliphatic carbocycles. The van der Waals surface area contributed by atoms with Crippen molar-refractivity contribution in [1.29, 1.82) is 0 Å². The van der Waals surface area contributed by atoms with Crippen LogP contribution in [0.4, 0.5) is 0 Å². The summed E-state index contributed by atoms with van der Waals surface area (Å²) in [5.41, 5.74) is 4.54. The van der Waals surface area contributed by atoms with Crippen molar-refractivity contribution in [2.24, 2.45) is 0 Å². The monoisotopic (exact) mass is 487 g/mol. The molecule has 5 heteroatoms. The molecule has 1 nitrogen and oxygen atoms in total. The molecular formula is C28H53B2NP2. The molecule has 0 saturated heterocycles. The van der Waals surface area contributed by atoms with Gasteiger partial charge in [-0.3, -0.25) is 0 Å². The summed E-state index contributed by atoms with van der Waals surface area (Å²) < 4.78 is 0. The van der Waals surface area contributed by atoms with Crippen molar-refractivity contribution in [3.8, 4) is 0 Å². The lowest BCUT2D eigenvalue weighted by atomic mass is 9.99. The molecule has 0 unspecified atom stereocenters. The van der Waals surface area contributed by atoms with Crippen LogP contribution in [0.25, 0.3) is 0 Å². The van der Waals surface area contributed by atoms with Gasteiger partial charge in [-0.05, 0) is 99.4 Å². The molecule has 33 heavy (non-hydrogen) atoms. The van der Waals surface area contributed by atoms with Gasteiger partial charge >= 0.3 is 0 Å². The number of hydrogen-bond acceptors (Lipinski definition) is 1. The predicted molar refractivity (Wildman–Crippen MR) is 155 cm³/mol. The van der Waals surface area contributed by atoms with Crippen LogP contribution in [-0.2, 0) is 0 Å². The van der Waals surface area contributed by atoms with E-state index in [-0.39, 0.29) is 32.7 Å². The molecule has 4 aliphatic rings. The first kappa shape index (κ1) is 30.2. The summed E-state index contributed by atoms with van der Waals surface area (Å²) in [6, 6.07) is 0. The standard InChI is InChI=1S/C28H53NP2.2B/c1-5-13-25(14-6-1)30(26-15-7-2-8-16-26)23-21-29-22-24-31(27-17-9-3-10-18-27)28-19-11-4-12-20-28;;/h25-29H,1-24H2;;. The summed E-state index contributed by atoms with van der Waals surface area (Å²) in [6.45, 7) is 2.69. The summed E-state index contributed by atoms with van der Waals surface area (Å²) in [5, 5.41) is 4.04. The van der Waals surface area contributed by atoms with Crippen molar-refractivity contribution in [3.63, 3.8) is 0 Å². The highest BCUT2D eigenvalue weighted by Gasteiger charge is 2.32. The minimum atomic E-state index is 0. The topological polar surface area (TPSA) is 12.0 Å². The molecule has 4 rings (SSSR count). The van der Waals surface area contributed by atoms with Crippen LogP contribution in [-0.4, -0.2) is 64.9 Å². The number of rotatable bonds is 10. The molecule has 0 aromatic carbocycles. The van der Waals surface area contributed by atoms with Crippen molar-refractivity contribution in [1.82, 2.24) is 5.32 Å². The molecule has 0 amide bonds. The van der Waals surface area contributed by atoms with Crippen molar-refractivity contribution in [3.05, 3.63) is 0 Å². The summed E-state index contributed by atoms with van der Waals surface area (Å²) in [4.78, 5) is 0. The quantitative estimate of drug-likeness (QED) is 0.187. The third kappa shape index (κ3) is 9.73. The Hall–Kier alpha value is 0.950. The highest BCUT2D eigenvalue weighted by Crippen LogP contribution is 2.56. The van der Waals surface area contributed by atoms with Gasteiger partial charge in [0.15, 0.2) is 0 Å². The fourth-order valence-corrected chi connectivity index (χ4v) is 15.1. The van der Waals surface area contributed by atoms with E-state index in [1.807, 2.05) is 0 Å². The molecule has 186 valence electrons. The molecule has 0 heterocycles. The molecule has 0 aromatic rings. The smallest absolute Gasteiger partial charge is 0 e. The Morgan fingerprint density at radius 1 is 0.394 bits per heavy atom. The van der Waals surface area contributed by atoms with E-state index in [0.717, 1.165) is 22.6 Å². The fraction of sp³-hybridized carbons (Fsp3) is 1.00. The predicted octanol–water partition coefficient (Wildman–Crippen LogP) is 8.11. The van der Waals surface area contributed by atoms with Crippen LogP contribution in [0.5, 0.6) is 0 Å². The van der Waals surface area contributed by atoms with E-state index in [1.165, 1.54) is 90.1 Å². The summed E-state index contributed by atoms with van der Waals surface area (Å²) in [6.07, 6.45) is 34.1. The zero-order valence-corrected chi connectivity index (χ0v) is 23.6. The van der Waals surface area contributed by atoms with Crippen LogP contribution < -0.4 is 5.32 Å². The van der Waals surface area contributed by atoms with Crippen LogP contribution >= 0.6 is 15.8 Å². The Labute approximate surface area is 214 Å². The normalized spacial score (nSPS) is 24.5. The summed E-state index contributed by atoms with van der Waals surface area (Å²) in [7, 11) is 0.579. The van der Waals surface area contributed by atoms with Crippen molar-refractivity contribution >= 4 is 32.7 Å². The van der Waals surface area contributed by atoms with Crippen LogP contribution in [0.2, 0.25) is 0 Å². The van der Waals surface area contributed by atoms with Gasteiger partial charge in [-0.15, -0.1) is 0 Å². The molecule has 0 spiro atoms. The third-order valence-electron chi connectivity index (χ3n) is 9.27. The Balaban J connectivity index is 0.00000193. The molecule has 0 bridgehead atoms. The maximum absolute atomic E-state index is 4.04. The first-order valence-electron chi connectivity index (χ1n) is 14.6. The van der Waals surface area contributed by atoms with Gasteiger partial charge in [-0.25, -0.2) is 0 Å². The van der Waals surface area contributed by atoms with Crippen LogP contribution in [0.3, 0.4) is 0 Å². The van der Waals surface area contributed by atoms with E-state index in [2.05, 4.69) is 5.32 Å². The Kier molecular flexibility index (Phi) is 15.9. The lowest BCUT2D eigenvalue weighted by Gasteiger charge is -2.39. The fourth-order valence-electron chi connectivity index (χ4n) is 7.52. The van der Waals surface area contributed by atoms with Gasteiger partial charge in [-0.1, -0.05) is 92.9 Å². The largest absolute Gasteiger partial charge is 0.316 e. The molecular weight excluding hydrogens is 434 g/mol. The van der Waals surface area contributed by atoms with Crippen LogP contribution in [0, 0.1) is 0 Å². The van der Waals surface area contributed by atoms with E-state index in [1.54, 1.807) is 63.7 Å². The van der Waals surface area contributed by atoms with Crippen molar-refractivity contribution in [2.75, 3.05) is 25.4 Å². The highest BCUT2D eigenvalue weighted by atomic mass is 31.1. The van der Waals surface area contributed by atoms with E-state index >= 15 is 0 Å². The maximum atomic E-state index is 4.04. The number of hydrogen-bond donors (Lipinski definition) is 1. The van der Waals surface area contributed by atoms with Gasteiger partial charge in [0.05, 0.1) is 0 Å². The van der Waals surface area contributed by atoms with E-state index < -0.39 is 0 Å². The molecule has 4 saturated carbocycles. The molecule has 0 aliphatic heterocycles. The Bertz CT molecular complexity index is 393. The van der Waals surface area contributed by atoms with Crippen molar-refractivity contribution in [2.45, 2.75) is 151 Å². The SMILES string of the molecule is C1CCC(P(CCNCCP(C2CCCCC2)C2CCCCC2)C2CCCCC2)CC1.[B].[B]. The average Bonchev–Trinajstić information content (AvgIpc) is 2.86. The first-order chi connectivity index (χ1) is 15.4. The van der Waals surface area contributed by atoms with Gasteiger partial charge < -0.3 is 5.32 Å². The van der Waals surface area contributed by atoms with Crippen LogP contribution in [0.1, 0.15) is 128 Å². The van der Waals surface area contributed by atoms with Crippen molar-refractivity contribution < 1.29 is 0 Å². The zero-order chi connectivity index (χ0) is 21.1. The van der Waals surface area contributed by atoms with E-state index in [4.69, 9.17) is 0 Å².